The van der Waals surface area contributed by atoms with E-state index in [1.165, 1.54) is 0 Å². The molecule has 0 bridgehead atoms. The van der Waals surface area contributed by atoms with Crippen molar-refractivity contribution in [2.45, 2.75) is 32.2 Å². The summed E-state index contributed by atoms with van der Waals surface area (Å²) >= 11 is 0. The van der Waals surface area contributed by atoms with Crippen LogP contribution in [0.1, 0.15) is 26.2 Å². The van der Waals surface area contributed by atoms with Crippen molar-refractivity contribution < 1.29 is 14.7 Å². The maximum Gasteiger partial charge on any atom is 0.326 e. The minimum absolute atomic E-state index is 0.386. The Hall–Kier alpha value is -1.30. The lowest BCUT2D eigenvalue weighted by atomic mass is 9.97. The first-order chi connectivity index (χ1) is 8.52. The van der Waals surface area contributed by atoms with Crippen molar-refractivity contribution in [1.29, 1.82) is 0 Å². The largest absolute Gasteiger partial charge is 0.480 e. The lowest BCUT2D eigenvalue weighted by molar-refractivity contribution is -0.139. The Morgan fingerprint density at radius 2 is 2.00 bits per heavy atom. The first-order valence-electron chi connectivity index (χ1n) is 6.48. The summed E-state index contributed by atoms with van der Waals surface area (Å²) in [5.74, 6) is -0.496. The number of carboxylic acids is 1. The van der Waals surface area contributed by atoms with E-state index in [0.717, 1.165) is 25.9 Å². The Morgan fingerprint density at radius 3 is 2.50 bits per heavy atom. The molecule has 0 aliphatic carbocycles. The molecule has 1 saturated heterocycles. The van der Waals surface area contributed by atoms with Gasteiger partial charge >= 0.3 is 12.0 Å². The van der Waals surface area contributed by atoms with Crippen molar-refractivity contribution in [3.05, 3.63) is 0 Å². The quantitative estimate of drug-likeness (QED) is 0.669. The van der Waals surface area contributed by atoms with Crippen molar-refractivity contribution in [2.75, 3.05) is 26.7 Å². The van der Waals surface area contributed by atoms with Crippen molar-refractivity contribution in [2.24, 2.45) is 5.92 Å². The monoisotopic (exact) mass is 257 g/mol. The topological polar surface area (TPSA) is 81.7 Å². The molecule has 1 heterocycles. The molecule has 1 rings (SSSR count). The Morgan fingerprint density at radius 1 is 1.39 bits per heavy atom. The van der Waals surface area contributed by atoms with Crippen LogP contribution in [0.5, 0.6) is 0 Å². The highest BCUT2D eigenvalue weighted by molar-refractivity contribution is 5.82. The molecule has 0 radical (unpaired) electrons. The van der Waals surface area contributed by atoms with Gasteiger partial charge in [-0.05, 0) is 45.3 Å². The highest BCUT2D eigenvalue weighted by Crippen LogP contribution is 2.14. The van der Waals surface area contributed by atoms with E-state index in [0.29, 0.717) is 18.9 Å². The molecule has 104 valence electrons. The van der Waals surface area contributed by atoms with Crippen LogP contribution in [0.2, 0.25) is 0 Å². The van der Waals surface area contributed by atoms with Crippen LogP contribution in [0.25, 0.3) is 0 Å². The fourth-order valence-electron chi connectivity index (χ4n) is 2.05. The number of piperidine rings is 1. The molecule has 0 aromatic carbocycles. The highest BCUT2D eigenvalue weighted by atomic mass is 16.4. The zero-order valence-electron chi connectivity index (χ0n) is 11.1. The molecule has 1 unspecified atom stereocenters. The van der Waals surface area contributed by atoms with Gasteiger partial charge in [-0.3, -0.25) is 0 Å². The smallest absolute Gasteiger partial charge is 0.326 e. The number of rotatable bonds is 5. The average molecular weight is 257 g/mol. The molecule has 1 aliphatic heterocycles. The van der Waals surface area contributed by atoms with E-state index in [4.69, 9.17) is 5.11 Å². The average Bonchev–Trinajstić information content (AvgIpc) is 2.35. The van der Waals surface area contributed by atoms with Gasteiger partial charge in [0.2, 0.25) is 0 Å². The van der Waals surface area contributed by atoms with Crippen molar-refractivity contribution in [3.8, 4) is 0 Å². The van der Waals surface area contributed by atoms with E-state index >= 15 is 0 Å². The fraction of sp³-hybridized carbons (Fsp3) is 0.833. The maximum atomic E-state index is 11.5. The number of hydrogen-bond donors (Lipinski definition) is 3. The molecule has 6 heteroatoms. The van der Waals surface area contributed by atoms with Gasteiger partial charge in [0.05, 0.1) is 0 Å². The summed E-state index contributed by atoms with van der Waals surface area (Å²) in [5, 5.41) is 14.0. The number of likely N-dealkylation sites (tertiary alicyclic amines) is 1. The summed E-state index contributed by atoms with van der Waals surface area (Å²) in [6.07, 6.45) is 2.54. The van der Waals surface area contributed by atoms with Crippen LogP contribution in [0.3, 0.4) is 0 Å². The van der Waals surface area contributed by atoms with E-state index in [-0.39, 0.29) is 6.03 Å². The predicted octanol–water partition coefficient (Wildman–Crippen LogP) is 0.491. The molecule has 0 aromatic heterocycles. The van der Waals surface area contributed by atoms with Gasteiger partial charge in [-0.25, -0.2) is 9.59 Å². The van der Waals surface area contributed by atoms with E-state index in [1.54, 1.807) is 6.92 Å². The number of carbonyl (C=O) groups is 2. The Bertz CT molecular complexity index is 288. The highest BCUT2D eigenvalue weighted by Gasteiger charge is 2.20. The molecule has 6 nitrogen and oxygen atoms in total. The maximum absolute atomic E-state index is 11.5. The number of nitrogens with zero attached hydrogens (tertiary/aromatic N) is 1. The number of urea groups is 1. The lowest BCUT2D eigenvalue weighted by Crippen LogP contribution is -2.47. The van der Waals surface area contributed by atoms with Gasteiger partial charge in [0.1, 0.15) is 6.04 Å². The summed E-state index contributed by atoms with van der Waals surface area (Å²) < 4.78 is 0. The Labute approximate surface area is 108 Å². The first kappa shape index (κ1) is 14.8. The van der Waals surface area contributed by atoms with Gasteiger partial charge in [-0.2, -0.15) is 0 Å². The van der Waals surface area contributed by atoms with Crippen LogP contribution in [0, 0.1) is 5.92 Å². The SMILES string of the molecule is CCC(NC(=O)NCC1CCN(C)CC1)C(=O)O. The van der Waals surface area contributed by atoms with E-state index < -0.39 is 12.0 Å². The van der Waals surface area contributed by atoms with E-state index in [2.05, 4.69) is 22.6 Å². The van der Waals surface area contributed by atoms with Gasteiger partial charge in [0.15, 0.2) is 0 Å². The van der Waals surface area contributed by atoms with Gasteiger partial charge in [0, 0.05) is 6.54 Å². The van der Waals surface area contributed by atoms with Crippen molar-refractivity contribution in [3.63, 3.8) is 0 Å². The minimum Gasteiger partial charge on any atom is -0.480 e. The fourth-order valence-corrected chi connectivity index (χ4v) is 2.05. The third-order valence-electron chi connectivity index (χ3n) is 3.40. The Kier molecular flexibility index (Phi) is 5.91. The van der Waals surface area contributed by atoms with E-state index in [1.807, 2.05) is 0 Å². The van der Waals surface area contributed by atoms with Gasteiger partial charge < -0.3 is 20.6 Å². The second-order valence-electron chi connectivity index (χ2n) is 4.90. The molecule has 1 atom stereocenters. The normalized spacial score (nSPS) is 19.2. The molecule has 2 amide bonds. The van der Waals surface area contributed by atoms with Crippen molar-refractivity contribution >= 4 is 12.0 Å². The number of nitrogens with one attached hydrogen (secondary N) is 2. The summed E-state index contributed by atoms with van der Waals surface area (Å²) in [5.41, 5.74) is 0. The molecule has 1 fully saturated rings. The lowest BCUT2D eigenvalue weighted by Gasteiger charge is -2.29. The Balaban J connectivity index is 2.22. The zero-order valence-corrected chi connectivity index (χ0v) is 11.1. The summed E-state index contributed by atoms with van der Waals surface area (Å²) in [7, 11) is 2.09. The number of aliphatic carboxylic acids is 1. The number of carboxylic acid groups (broad SMARTS) is 1. The predicted molar refractivity (Wildman–Crippen MR) is 68.5 cm³/mol. The van der Waals surface area contributed by atoms with Crippen LogP contribution in [0.15, 0.2) is 0 Å². The van der Waals surface area contributed by atoms with Crippen LogP contribution in [-0.4, -0.2) is 54.7 Å². The van der Waals surface area contributed by atoms with Crippen LogP contribution < -0.4 is 10.6 Å². The summed E-state index contributed by atoms with van der Waals surface area (Å²) in [6, 6.07) is -1.19. The molecule has 18 heavy (non-hydrogen) atoms. The second kappa shape index (κ2) is 7.20. The van der Waals surface area contributed by atoms with Crippen LogP contribution in [0.4, 0.5) is 4.79 Å². The van der Waals surface area contributed by atoms with E-state index in [9.17, 15) is 9.59 Å². The van der Waals surface area contributed by atoms with Gasteiger partial charge in [-0.15, -0.1) is 0 Å². The minimum atomic E-state index is -0.994. The first-order valence-corrected chi connectivity index (χ1v) is 6.48. The summed E-state index contributed by atoms with van der Waals surface area (Å²) in [6.45, 7) is 4.47. The van der Waals surface area contributed by atoms with Crippen molar-refractivity contribution in [1.82, 2.24) is 15.5 Å². The molecule has 1 aliphatic rings. The second-order valence-corrected chi connectivity index (χ2v) is 4.90. The number of hydrogen-bond acceptors (Lipinski definition) is 3. The molecule has 0 saturated carbocycles. The third kappa shape index (κ3) is 4.91. The third-order valence-corrected chi connectivity index (χ3v) is 3.40. The molecule has 3 N–H and O–H groups in total. The number of amides is 2. The van der Waals surface area contributed by atoms with Crippen LogP contribution >= 0.6 is 0 Å². The molecule has 0 spiro atoms. The standard InChI is InChI=1S/C12H23N3O3/c1-3-10(11(16)17)14-12(18)13-8-9-4-6-15(2)7-5-9/h9-10H,3-8H2,1-2H3,(H,16,17)(H2,13,14,18). The van der Waals surface area contributed by atoms with Gasteiger partial charge in [0.25, 0.3) is 0 Å². The number of carbonyl (C=O) groups excluding carboxylic acids is 1. The zero-order chi connectivity index (χ0) is 13.5. The van der Waals surface area contributed by atoms with Crippen LogP contribution in [-0.2, 0) is 4.79 Å². The molecular formula is C12H23N3O3. The molecular weight excluding hydrogens is 234 g/mol. The summed E-state index contributed by atoms with van der Waals surface area (Å²) in [4.78, 5) is 24.6. The molecule has 0 aromatic rings. The van der Waals surface area contributed by atoms with Gasteiger partial charge in [-0.1, -0.05) is 6.92 Å².